The van der Waals surface area contributed by atoms with Crippen molar-refractivity contribution in [2.75, 3.05) is 31.1 Å². The summed E-state index contributed by atoms with van der Waals surface area (Å²) in [5.41, 5.74) is 3.66. The zero-order chi connectivity index (χ0) is 19.1. The number of benzene rings is 2. The lowest BCUT2D eigenvalue weighted by Gasteiger charge is -2.38. The van der Waals surface area contributed by atoms with Crippen LogP contribution in [0.3, 0.4) is 0 Å². The van der Waals surface area contributed by atoms with Crippen LogP contribution in [0.25, 0.3) is 0 Å². The van der Waals surface area contributed by atoms with Gasteiger partial charge in [0.05, 0.1) is 0 Å². The zero-order valence-corrected chi connectivity index (χ0v) is 16.2. The minimum atomic E-state index is -0.724. The maximum absolute atomic E-state index is 11.9. The number of anilines is 1. The van der Waals surface area contributed by atoms with Crippen molar-refractivity contribution in [1.29, 1.82) is 0 Å². The van der Waals surface area contributed by atoms with Gasteiger partial charge in [-0.2, -0.15) is 0 Å². The van der Waals surface area contributed by atoms with E-state index in [1.807, 2.05) is 18.2 Å². The third kappa shape index (κ3) is 5.33. The number of hydrogen-bond donors (Lipinski definition) is 1. The van der Waals surface area contributed by atoms with Gasteiger partial charge in [-0.05, 0) is 42.5 Å². The summed E-state index contributed by atoms with van der Waals surface area (Å²) in [6.45, 7) is 5.48. The number of piperazine rings is 1. The van der Waals surface area contributed by atoms with Crippen molar-refractivity contribution in [3.05, 3.63) is 65.7 Å². The molecule has 0 aromatic heterocycles. The van der Waals surface area contributed by atoms with Crippen molar-refractivity contribution < 1.29 is 9.90 Å². The Kier molecular flexibility index (Phi) is 6.88. The SMILES string of the molecule is CCCCc1ccc(CC(C(=O)O)N2CCN(c3ccccc3)CC2)cc1. The molecule has 1 fully saturated rings. The third-order valence-electron chi connectivity index (χ3n) is 5.43. The topological polar surface area (TPSA) is 43.8 Å². The minimum Gasteiger partial charge on any atom is -0.480 e. The molecule has 1 saturated heterocycles. The molecule has 0 aliphatic carbocycles. The molecule has 2 aromatic rings. The van der Waals surface area contributed by atoms with Crippen LogP contribution in [0.4, 0.5) is 5.69 Å². The number of para-hydroxylation sites is 1. The maximum atomic E-state index is 11.9. The number of aryl methyl sites for hydroxylation is 1. The lowest BCUT2D eigenvalue weighted by atomic mass is 10.0. The molecule has 27 heavy (non-hydrogen) atoms. The number of carbonyl (C=O) groups is 1. The van der Waals surface area contributed by atoms with E-state index in [0.717, 1.165) is 38.2 Å². The average Bonchev–Trinajstić information content (AvgIpc) is 2.72. The van der Waals surface area contributed by atoms with Crippen LogP contribution in [0.15, 0.2) is 54.6 Å². The molecule has 0 spiro atoms. The van der Waals surface area contributed by atoms with Crippen LogP contribution in [-0.2, 0) is 17.6 Å². The Hall–Kier alpha value is -2.33. The van der Waals surface area contributed by atoms with Crippen LogP contribution < -0.4 is 4.90 Å². The molecule has 144 valence electrons. The van der Waals surface area contributed by atoms with Crippen LogP contribution in [0, 0.1) is 0 Å². The first-order valence-electron chi connectivity index (χ1n) is 10.0. The number of carboxylic acid groups (broad SMARTS) is 1. The Morgan fingerprint density at radius 2 is 1.59 bits per heavy atom. The van der Waals surface area contributed by atoms with Crippen molar-refractivity contribution in [2.24, 2.45) is 0 Å². The molecule has 0 saturated carbocycles. The zero-order valence-electron chi connectivity index (χ0n) is 16.2. The molecule has 2 aromatic carbocycles. The Bertz CT molecular complexity index is 707. The molecule has 4 nitrogen and oxygen atoms in total. The summed E-state index contributed by atoms with van der Waals surface area (Å²) >= 11 is 0. The van der Waals surface area contributed by atoms with E-state index >= 15 is 0 Å². The van der Waals surface area contributed by atoms with Crippen LogP contribution in [-0.4, -0.2) is 48.2 Å². The average molecular weight is 367 g/mol. The highest BCUT2D eigenvalue weighted by Gasteiger charge is 2.29. The standard InChI is InChI=1S/C23H30N2O2/c1-2-3-7-19-10-12-20(13-11-19)18-22(23(26)27)25-16-14-24(15-17-25)21-8-5-4-6-9-21/h4-6,8-13,22H,2-3,7,14-18H2,1H3,(H,26,27). The number of hydrogen-bond acceptors (Lipinski definition) is 3. The molecule has 1 atom stereocenters. The van der Waals surface area contributed by atoms with Gasteiger partial charge in [-0.3, -0.25) is 9.69 Å². The molecule has 4 heteroatoms. The second-order valence-electron chi connectivity index (χ2n) is 7.34. The summed E-state index contributed by atoms with van der Waals surface area (Å²) in [7, 11) is 0. The highest BCUT2D eigenvalue weighted by molar-refractivity contribution is 5.74. The molecular formula is C23H30N2O2. The number of nitrogens with zero attached hydrogens (tertiary/aromatic N) is 2. The van der Waals surface area contributed by atoms with Crippen molar-refractivity contribution in [3.8, 4) is 0 Å². The third-order valence-corrected chi connectivity index (χ3v) is 5.43. The fourth-order valence-corrected chi connectivity index (χ4v) is 3.75. The lowest BCUT2D eigenvalue weighted by molar-refractivity contribution is -0.143. The Balaban J connectivity index is 1.59. The summed E-state index contributed by atoms with van der Waals surface area (Å²) in [5, 5.41) is 9.79. The summed E-state index contributed by atoms with van der Waals surface area (Å²) in [4.78, 5) is 16.4. The summed E-state index contributed by atoms with van der Waals surface area (Å²) < 4.78 is 0. The van der Waals surface area contributed by atoms with Gasteiger partial charge in [0.25, 0.3) is 0 Å². The molecule has 0 radical (unpaired) electrons. The Morgan fingerprint density at radius 1 is 0.963 bits per heavy atom. The molecule has 1 heterocycles. The van der Waals surface area contributed by atoms with Crippen LogP contribution in [0.1, 0.15) is 30.9 Å². The van der Waals surface area contributed by atoms with E-state index in [1.54, 1.807) is 0 Å². The van der Waals surface area contributed by atoms with Gasteiger partial charge < -0.3 is 10.0 Å². The van der Waals surface area contributed by atoms with Crippen LogP contribution >= 0.6 is 0 Å². The van der Waals surface area contributed by atoms with E-state index in [2.05, 4.69) is 53.1 Å². The first-order chi connectivity index (χ1) is 13.2. The van der Waals surface area contributed by atoms with Gasteiger partial charge in [0, 0.05) is 31.9 Å². The Morgan fingerprint density at radius 3 is 2.19 bits per heavy atom. The first kappa shape index (κ1) is 19.4. The van der Waals surface area contributed by atoms with E-state index in [4.69, 9.17) is 0 Å². The van der Waals surface area contributed by atoms with Gasteiger partial charge in [-0.25, -0.2) is 0 Å². The van der Waals surface area contributed by atoms with Crippen LogP contribution in [0.2, 0.25) is 0 Å². The lowest BCUT2D eigenvalue weighted by Crippen LogP contribution is -2.53. The smallest absolute Gasteiger partial charge is 0.321 e. The van der Waals surface area contributed by atoms with Crippen LogP contribution in [0.5, 0.6) is 0 Å². The fourth-order valence-electron chi connectivity index (χ4n) is 3.75. The van der Waals surface area contributed by atoms with Crippen molar-refractivity contribution in [2.45, 2.75) is 38.6 Å². The molecule has 1 aliphatic rings. The molecule has 1 N–H and O–H groups in total. The fraction of sp³-hybridized carbons (Fsp3) is 0.435. The molecule has 0 bridgehead atoms. The normalized spacial score (nSPS) is 16.3. The monoisotopic (exact) mass is 366 g/mol. The second-order valence-corrected chi connectivity index (χ2v) is 7.34. The highest BCUT2D eigenvalue weighted by atomic mass is 16.4. The number of unbranched alkanes of at least 4 members (excludes halogenated alkanes) is 1. The predicted octanol–water partition coefficient (Wildman–Crippen LogP) is 3.85. The highest BCUT2D eigenvalue weighted by Crippen LogP contribution is 2.19. The second kappa shape index (κ2) is 9.56. The molecular weight excluding hydrogens is 336 g/mol. The van der Waals surface area contributed by atoms with E-state index in [-0.39, 0.29) is 0 Å². The summed E-state index contributed by atoms with van der Waals surface area (Å²) in [6.07, 6.45) is 4.05. The van der Waals surface area contributed by atoms with Crippen molar-refractivity contribution >= 4 is 11.7 Å². The molecule has 1 aliphatic heterocycles. The van der Waals surface area contributed by atoms with Gasteiger partial charge in [0.15, 0.2) is 0 Å². The van der Waals surface area contributed by atoms with Gasteiger partial charge in [0.2, 0.25) is 0 Å². The number of rotatable bonds is 8. The first-order valence-corrected chi connectivity index (χ1v) is 10.0. The maximum Gasteiger partial charge on any atom is 0.321 e. The molecule has 1 unspecified atom stereocenters. The van der Waals surface area contributed by atoms with E-state index in [0.29, 0.717) is 6.42 Å². The summed E-state index contributed by atoms with van der Waals surface area (Å²) in [6, 6.07) is 18.4. The van der Waals surface area contributed by atoms with E-state index in [1.165, 1.54) is 24.1 Å². The van der Waals surface area contributed by atoms with Crippen molar-refractivity contribution in [1.82, 2.24) is 4.90 Å². The molecule has 3 rings (SSSR count). The number of aliphatic carboxylic acids is 1. The summed E-state index contributed by atoms with van der Waals surface area (Å²) in [5.74, 6) is -0.724. The predicted molar refractivity (Wildman–Crippen MR) is 110 cm³/mol. The van der Waals surface area contributed by atoms with Gasteiger partial charge in [-0.15, -0.1) is 0 Å². The van der Waals surface area contributed by atoms with Crippen molar-refractivity contribution in [3.63, 3.8) is 0 Å². The minimum absolute atomic E-state index is 0.454. The van der Waals surface area contributed by atoms with E-state index < -0.39 is 12.0 Å². The largest absolute Gasteiger partial charge is 0.480 e. The quantitative estimate of drug-likeness (QED) is 0.771. The molecule has 0 amide bonds. The Labute approximate surface area is 162 Å². The van der Waals surface area contributed by atoms with Gasteiger partial charge in [0.1, 0.15) is 6.04 Å². The number of carboxylic acids is 1. The van der Waals surface area contributed by atoms with Gasteiger partial charge >= 0.3 is 5.97 Å². The van der Waals surface area contributed by atoms with Gasteiger partial charge in [-0.1, -0.05) is 55.8 Å². The van der Waals surface area contributed by atoms with E-state index in [9.17, 15) is 9.90 Å².